The van der Waals surface area contributed by atoms with Crippen LogP contribution < -0.4 is 0 Å². The summed E-state index contributed by atoms with van der Waals surface area (Å²) in [6.45, 7) is 2.10. The van der Waals surface area contributed by atoms with E-state index in [4.69, 9.17) is 0 Å². The molecular weight excluding hydrogens is 148 g/mol. The second-order valence-electron chi connectivity index (χ2n) is 4.61. The monoisotopic (exact) mass is 166 g/mol. The van der Waals surface area contributed by atoms with Gasteiger partial charge in [0.05, 0.1) is 0 Å². The van der Waals surface area contributed by atoms with E-state index in [0.717, 1.165) is 18.3 Å². The van der Waals surface area contributed by atoms with Crippen LogP contribution in [0.3, 0.4) is 0 Å². The summed E-state index contributed by atoms with van der Waals surface area (Å²) in [5, 5.41) is 0. The molecule has 0 aromatic heterocycles. The summed E-state index contributed by atoms with van der Waals surface area (Å²) in [7, 11) is 0. The van der Waals surface area contributed by atoms with Crippen molar-refractivity contribution in [2.75, 3.05) is 0 Å². The topological polar surface area (TPSA) is 17.1 Å². The van der Waals surface area contributed by atoms with Crippen LogP contribution in [-0.4, -0.2) is 5.78 Å². The summed E-state index contributed by atoms with van der Waals surface area (Å²) in [4.78, 5) is 11.4. The second kappa shape index (κ2) is 3.20. The fourth-order valence-corrected chi connectivity index (χ4v) is 2.91. The molecule has 2 rings (SSSR count). The molecule has 2 saturated carbocycles. The van der Waals surface area contributed by atoms with E-state index in [2.05, 4.69) is 6.92 Å². The summed E-state index contributed by atoms with van der Waals surface area (Å²) in [6, 6.07) is 0. The molecule has 0 heterocycles. The summed E-state index contributed by atoms with van der Waals surface area (Å²) < 4.78 is 0. The lowest BCUT2D eigenvalue weighted by Gasteiger charge is -2.37. The molecule has 2 aliphatic rings. The van der Waals surface area contributed by atoms with E-state index in [1.165, 1.54) is 32.1 Å². The van der Waals surface area contributed by atoms with Gasteiger partial charge < -0.3 is 0 Å². The van der Waals surface area contributed by atoms with Gasteiger partial charge in [-0.05, 0) is 24.7 Å². The Morgan fingerprint density at radius 3 is 2.58 bits per heavy atom. The van der Waals surface area contributed by atoms with E-state index in [9.17, 15) is 4.79 Å². The van der Waals surface area contributed by atoms with E-state index in [-0.39, 0.29) is 0 Å². The van der Waals surface area contributed by atoms with Gasteiger partial charge in [-0.15, -0.1) is 0 Å². The molecule has 0 radical (unpaired) electrons. The van der Waals surface area contributed by atoms with Gasteiger partial charge in [0, 0.05) is 12.3 Å². The average molecular weight is 166 g/mol. The van der Waals surface area contributed by atoms with Crippen molar-refractivity contribution >= 4 is 5.78 Å². The zero-order valence-corrected chi connectivity index (χ0v) is 7.88. The molecule has 0 bridgehead atoms. The van der Waals surface area contributed by atoms with Crippen LogP contribution in [0.5, 0.6) is 0 Å². The highest BCUT2D eigenvalue weighted by Crippen LogP contribution is 2.40. The Kier molecular flexibility index (Phi) is 2.20. The second-order valence-corrected chi connectivity index (χ2v) is 4.61. The SMILES string of the molecule is C[C@@H]1C[C@@H]2CCCC[C@@H]2CC1=O. The smallest absolute Gasteiger partial charge is 0.135 e. The first kappa shape index (κ1) is 8.28. The van der Waals surface area contributed by atoms with Crippen LogP contribution in [0, 0.1) is 17.8 Å². The highest BCUT2D eigenvalue weighted by Gasteiger charge is 2.34. The largest absolute Gasteiger partial charge is 0.299 e. The van der Waals surface area contributed by atoms with Crippen molar-refractivity contribution in [1.82, 2.24) is 0 Å². The van der Waals surface area contributed by atoms with Gasteiger partial charge in [-0.3, -0.25) is 4.79 Å². The fraction of sp³-hybridized carbons (Fsp3) is 0.909. The first-order valence-electron chi connectivity index (χ1n) is 5.30. The lowest BCUT2D eigenvalue weighted by molar-refractivity contribution is -0.127. The van der Waals surface area contributed by atoms with Gasteiger partial charge >= 0.3 is 0 Å². The molecule has 0 N–H and O–H groups in total. The van der Waals surface area contributed by atoms with E-state index in [1.807, 2.05) is 0 Å². The van der Waals surface area contributed by atoms with Crippen LogP contribution in [0.25, 0.3) is 0 Å². The molecule has 0 unspecified atom stereocenters. The van der Waals surface area contributed by atoms with Crippen molar-refractivity contribution in [3.05, 3.63) is 0 Å². The summed E-state index contributed by atoms with van der Waals surface area (Å²) in [5.74, 6) is 2.55. The Labute approximate surface area is 74.5 Å². The molecule has 0 aromatic rings. The van der Waals surface area contributed by atoms with Crippen molar-refractivity contribution in [2.24, 2.45) is 17.8 Å². The Hall–Kier alpha value is -0.330. The van der Waals surface area contributed by atoms with E-state index in [1.54, 1.807) is 0 Å². The molecule has 0 aliphatic heterocycles. The van der Waals surface area contributed by atoms with Gasteiger partial charge in [0.25, 0.3) is 0 Å². The van der Waals surface area contributed by atoms with Crippen LogP contribution in [0.4, 0.5) is 0 Å². The van der Waals surface area contributed by atoms with E-state index in [0.29, 0.717) is 11.7 Å². The molecule has 0 spiro atoms. The Balaban J connectivity index is 2.02. The minimum absolute atomic E-state index is 0.365. The van der Waals surface area contributed by atoms with Crippen LogP contribution in [-0.2, 0) is 4.79 Å². The average Bonchev–Trinajstić information content (AvgIpc) is 2.07. The molecule has 1 heteroatoms. The Morgan fingerprint density at radius 1 is 1.17 bits per heavy atom. The first-order chi connectivity index (χ1) is 5.77. The molecule has 2 aliphatic carbocycles. The minimum Gasteiger partial charge on any atom is -0.299 e. The number of ketones is 1. The number of carbonyl (C=O) groups excluding carboxylic acids is 1. The van der Waals surface area contributed by atoms with Gasteiger partial charge in [0.2, 0.25) is 0 Å². The Morgan fingerprint density at radius 2 is 1.83 bits per heavy atom. The van der Waals surface area contributed by atoms with Crippen LogP contribution in [0.2, 0.25) is 0 Å². The van der Waals surface area contributed by atoms with Gasteiger partial charge in [0.15, 0.2) is 0 Å². The van der Waals surface area contributed by atoms with Crippen molar-refractivity contribution in [3.63, 3.8) is 0 Å². The minimum atomic E-state index is 0.365. The number of Topliss-reactive ketones (excluding diaryl/α,β-unsaturated/α-hetero) is 1. The predicted octanol–water partition coefficient (Wildman–Crippen LogP) is 2.79. The standard InChI is InChI=1S/C11H18O/c1-8-6-9-4-2-3-5-10(9)7-11(8)12/h8-10H,2-7H2,1H3/t8-,9+,10-/m1/s1. The third kappa shape index (κ3) is 1.41. The first-order valence-corrected chi connectivity index (χ1v) is 5.30. The van der Waals surface area contributed by atoms with Crippen molar-refractivity contribution in [3.8, 4) is 0 Å². The number of hydrogen-bond donors (Lipinski definition) is 0. The van der Waals surface area contributed by atoms with Gasteiger partial charge in [-0.2, -0.15) is 0 Å². The normalized spacial score (nSPS) is 42.4. The van der Waals surface area contributed by atoms with Crippen LogP contribution in [0.15, 0.2) is 0 Å². The molecule has 2 fully saturated rings. The quantitative estimate of drug-likeness (QED) is 0.541. The zero-order valence-electron chi connectivity index (χ0n) is 7.88. The maximum Gasteiger partial charge on any atom is 0.135 e. The van der Waals surface area contributed by atoms with Crippen molar-refractivity contribution in [2.45, 2.75) is 45.4 Å². The molecule has 3 atom stereocenters. The number of rotatable bonds is 0. The van der Waals surface area contributed by atoms with Crippen molar-refractivity contribution < 1.29 is 4.79 Å². The molecule has 1 nitrogen and oxygen atoms in total. The van der Waals surface area contributed by atoms with Crippen molar-refractivity contribution in [1.29, 1.82) is 0 Å². The fourth-order valence-electron chi connectivity index (χ4n) is 2.91. The van der Waals surface area contributed by atoms with Gasteiger partial charge in [0.1, 0.15) is 5.78 Å². The van der Waals surface area contributed by atoms with Crippen LogP contribution in [0.1, 0.15) is 45.4 Å². The molecule has 68 valence electrons. The predicted molar refractivity (Wildman–Crippen MR) is 48.9 cm³/mol. The molecule has 0 saturated heterocycles. The summed E-state index contributed by atoms with van der Waals surface area (Å²) >= 11 is 0. The molecule has 0 amide bonds. The number of hydrogen-bond acceptors (Lipinski definition) is 1. The van der Waals surface area contributed by atoms with Gasteiger partial charge in [-0.1, -0.05) is 26.2 Å². The van der Waals surface area contributed by atoms with E-state index >= 15 is 0 Å². The maximum absolute atomic E-state index is 11.4. The number of carbonyl (C=O) groups is 1. The van der Waals surface area contributed by atoms with Crippen LogP contribution >= 0.6 is 0 Å². The highest BCUT2D eigenvalue weighted by atomic mass is 16.1. The Bertz CT molecular complexity index is 185. The third-order valence-electron chi connectivity index (χ3n) is 3.74. The molecule has 12 heavy (non-hydrogen) atoms. The summed E-state index contributed by atoms with van der Waals surface area (Å²) in [5.41, 5.74) is 0. The molecule has 0 aromatic carbocycles. The van der Waals surface area contributed by atoms with E-state index < -0.39 is 0 Å². The summed E-state index contributed by atoms with van der Waals surface area (Å²) in [6.07, 6.45) is 7.56. The van der Waals surface area contributed by atoms with Gasteiger partial charge in [-0.25, -0.2) is 0 Å². The molecular formula is C11H18O. The third-order valence-corrected chi connectivity index (χ3v) is 3.74. The lowest BCUT2D eigenvalue weighted by Crippen LogP contribution is -2.32. The zero-order chi connectivity index (χ0) is 8.55. The number of fused-ring (bicyclic) bond motifs is 1. The lowest BCUT2D eigenvalue weighted by atomic mass is 9.67. The maximum atomic E-state index is 11.4. The highest BCUT2D eigenvalue weighted by molar-refractivity contribution is 5.81.